The molecular weight excluding hydrogens is 350 g/mol. The number of nitrogens with two attached hydrogens (primary N) is 1. The molecule has 3 rings (SSSR count). The maximum atomic E-state index is 12.8. The summed E-state index contributed by atoms with van der Waals surface area (Å²) >= 11 is 0. The van der Waals surface area contributed by atoms with Crippen LogP contribution in [0.2, 0.25) is 0 Å². The summed E-state index contributed by atoms with van der Waals surface area (Å²) in [5, 5.41) is 0. The molecule has 8 heteroatoms. The number of piperazine rings is 1. The van der Waals surface area contributed by atoms with E-state index in [-0.39, 0.29) is 36.0 Å². The van der Waals surface area contributed by atoms with Gasteiger partial charge in [0.1, 0.15) is 0 Å². The van der Waals surface area contributed by atoms with Crippen LogP contribution in [0.5, 0.6) is 0 Å². The molecule has 1 aliphatic heterocycles. The van der Waals surface area contributed by atoms with Crippen molar-refractivity contribution < 1.29 is 13.2 Å². The Balaban J connectivity index is 0.00000208. The second kappa shape index (κ2) is 7.89. The standard InChI is InChI=1S/C16H29N3O3S.ClH/c1-2-23(21,22)19-8-6-18(7-9-19)16(20)14-10-12-4-3-5-13(11-14)15(12)17;/h12-15H,2-11,17H2,1H3;1H. The maximum absolute atomic E-state index is 12.8. The highest BCUT2D eigenvalue weighted by Crippen LogP contribution is 2.42. The molecule has 2 unspecified atom stereocenters. The molecule has 1 amide bonds. The molecule has 0 aromatic carbocycles. The van der Waals surface area contributed by atoms with Crippen molar-refractivity contribution in [1.82, 2.24) is 9.21 Å². The molecule has 0 aromatic rings. The van der Waals surface area contributed by atoms with Gasteiger partial charge in [0.25, 0.3) is 0 Å². The van der Waals surface area contributed by atoms with Gasteiger partial charge in [-0.3, -0.25) is 4.79 Å². The van der Waals surface area contributed by atoms with Crippen LogP contribution in [0.25, 0.3) is 0 Å². The highest BCUT2D eigenvalue weighted by molar-refractivity contribution is 7.89. The van der Waals surface area contributed by atoms with Gasteiger partial charge in [0.2, 0.25) is 15.9 Å². The minimum Gasteiger partial charge on any atom is -0.340 e. The lowest BCUT2D eigenvalue weighted by Crippen LogP contribution is -2.54. The van der Waals surface area contributed by atoms with Gasteiger partial charge in [-0.1, -0.05) is 6.42 Å². The first-order chi connectivity index (χ1) is 10.9. The number of rotatable bonds is 3. The second-order valence-corrected chi connectivity index (χ2v) is 9.58. The number of fused-ring (bicyclic) bond motifs is 2. The number of carbonyl (C=O) groups is 1. The lowest BCUT2D eigenvalue weighted by Gasteiger charge is -2.45. The number of amides is 1. The van der Waals surface area contributed by atoms with E-state index in [1.807, 2.05) is 4.90 Å². The van der Waals surface area contributed by atoms with Crippen LogP contribution < -0.4 is 5.73 Å². The van der Waals surface area contributed by atoms with Crippen molar-refractivity contribution in [3.05, 3.63) is 0 Å². The van der Waals surface area contributed by atoms with E-state index in [0.29, 0.717) is 38.0 Å². The first-order valence-electron chi connectivity index (χ1n) is 8.94. The molecule has 140 valence electrons. The lowest BCUT2D eigenvalue weighted by molar-refractivity contribution is -0.139. The Morgan fingerprint density at radius 1 is 1.08 bits per heavy atom. The van der Waals surface area contributed by atoms with Crippen LogP contribution >= 0.6 is 12.4 Å². The highest BCUT2D eigenvalue weighted by atomic mass is 35.5. The van der Waals surface area contributed by atoms with Gasteiger partial charge in [-0.2, -0.15) is 4.31 Å². The van der Waals surface area contributed by atoms with Gasteiger partial charge in [-0.25, -0.2) is 8.42 Å². The van der Waals surface area contributed by atoms with Crippen LogP contribution in [0.1, 0.15) is 39.0 Å². The molecule has 2 bridgehead atoms. The molecule has 2 saturated carbocycles. The van der Waals surface area contributed by atoms with Crippen LogP contribution in [0, 0.1) is 17.8 Å². The molecular formula is C16H30ClN3O3S. The topological polar surface area (TPSA) is 83.7 Å². The first kappa shape index (κ1) is 19.9. The fourth-order valence-electron chi connectivity index (χ4n) is 4.62. The Bertz CT molecular complexity index is 535. The number of hydrogen-bond donors (Lipinski definition) is 1. The van der Waals surface area contributed by atoms with Crippen molar-refractivity contribution in [2.24, 2.45) is 23.5 Å². The van der Waals surface area contributed by atoms with E-state index in [4.69, 9.17) is 5.73 Å². The van der Waals surface area contributed by atoms with Crippen LogP contribution in [-0.2, 0) is 14.8 Å². The maximum Gasteiger partial charge on any atom is 0.225 e. The number of carbonyl (C=O) groups excluding carboxylic acids is 1. The summed E-state index contributed by atoms with van der Waals surface area (Å²) in [6.07, 6.45) is 5.40. The zero-order chi connectivity index (χ0) is 16.6. The Morgan fingerprint density at radius 3 is 2.12 bits per heavy atom. The normalized spacial score (nSPS) is 34.5. The van der Waals surface area contributed by atoms with Crippen molar-refractivity contribution in [2.45, 2.75) is 45.1 Å². The van der Waals surface area contributed by atoms with E-state index in [2.05, 4.69) is 0 Å². The number of hydrogen-bond acceptors (Lipinski definition) is 4. The number of halogens is 1. The molecule has 2 atom stereocenters. The highest BCUT2D eigenvalue weighted by Gasteiger charge is 2.42. The largest absolute Gasteiger partial charge is 0.340 e. The molecule has 0 spiro atoms. The smallest absolute Gasteiger partial charge is 0.225 e. The summed E-state index contributed by atoms with van der Waals surface area (Å²) in [6, 6.07) is 0.277. The van der Waals surface area contributed by atoms with Gasteiger partial charge < -0.3 is 10.6 Å². The molecule has 2 aliphatic carbocycles. The van der Waals surface area contributed by atoms with E-state index >= 15 is 0 Å². The summed E-state index contributed by atoms with van der Waals surface area (Å²) < 4.78 is 25.3. The van der Waals surface area contributed by atoms with Gasteiger partial charge in [-0.05, 0) is 44.4 Å². The Morgan fingerprint density at radius 2 is 1.62 bits per heavy atom. The summed E-state index contributed by atoms with van der Waals surface area (Å²) in [7, 11) is -3.14. The van der Waals surface area contributed by atoms with Gasteiger partial charge in [0.15, 0.2) is 0 Å². The van der Waals surface area contributed by atoms with Crippen molar-refractivity contribution >= 4 is 28.3 Å². The van der Waals surface area contributed by atoms with Crippen LogP contribution in [0.15, 0.2) is 0 Å². The SMILES string of the molecule is CCS(=O)(=O)N1CCN(C(=O)C2CC3CCCC(C2)C3N)CC1.Cl. The monoisotopic (exact) mass is 379 g/mol. The van der Waals surface area contributed by atoms with E-state index in [1.165, 1.54) is 10.7 Å². The first-order valence-corrected chi connectivity index (χ1v) is 10.6. The second-order valence-electron chi connectivity index (χ2n) is 7.32. The molecule has 0 aromatic heterocycles. The molecule has 0 radical (unpaired) electrons. The Labute approximate surface area is 151 Å². The van der Waals surface area contributed by atoms with E-state index in [0.717, 1.165) is 25.7 Å². The minimum atomic E-state index is -3.14. The fraction of sp³-hybridized carbons (Fsp3) is 0.938. The summed E-state index contributed by atoms with van der Waals surface area (Å²) in [6.45, 7) is 3.57. The molecule has 3 aliphatic rings. The van der Waals surface area contributed by atoms with Gasteiger partial charge in [-0.15, -0.1) is 12.4 Å². The van der Waals surface area contributed by atoms with Gasteiger partial charge >= 0.3 is 0 Å². The third-order valence-corrected chi connectivity index (χ3v) is 7.95. The minimum absolute atomic E-state index is 0. The number of sulfonamides is 1. The number of nitrogens with zero attached hydrogens (tertiary/aromatic N) is 2. The van der Waals surface area contributed by atoms with Crippen molar-refractivity contribution in [3.63, 3.8) is 0 Å². The molecule has 1 heterocycles. The molecule has 6 nitrogen and oxygen atoms in total. The van der Waals surface area contributed by atoms with E-state index < -0.39 is 10.0 Å². The van der Waals surface area contributed by atoms with Crippen LogP contribution in [0.3, 0.4) is 0 Å². The summed E-state index contributed by atoms with van der Waals surface area (Å²) in [5.74, 6) is 1.45. The summed E-state index contributed by atoms with van der Waals surface area (Å²) in [5.41, 5.74) is 6.31. The van der Waals surface area contributed by atoms with Crippen molar-refractivity contribution in [2.75, 3.05) is 31.9 Å². The Kier molecular flexibility index (Phi) is 6.56. The van der Waals surface area contributed by atoms with E-state index in [9.17, 15) is 13.2 Å². The molecule has 1 saturated heterocycles. The average Bonchev–Trinajstić information content (AvgIpc) is 2.54. The van der Waals surface area contributed by atoms with Gasteiger partial charge in [0.05, 0.1) is 5.75 Å². The average molecular weight is 380 g/mol. The van der Waals surface area contributed by atoms with Crippen molar-refractivity contribution in [3.8, 4) is 0 Å². The van der Waals surface area contributed by atoms with Crippen molar-refractivity contribution in [1.29, 1.82) is 0 Å². The third kappa shape index (κ3) is 3.89. The third-order valence-electron chi connectivity index (χ3n) is 6.07. The quantitative estimate of drug-likeness (QED) is 0.794. The van der Waals surface area contributed by atoms with Crippen LogP contribution in [-0.4, -0.2) is 61.5 Å². The van der Waals surface area contributed by atoms with Gasteiger partial charge in [0, 0.05) is 38.1 Å². The van der Waals surface area contributed by atoms with E-state index in [1.54, 1.807) is 6.92 Å². The molecule has 24 heavy (non-hydrogen) atoms. The predicted octanol–water partition coefficient (Wildman–Crippen LogP) is 1.06. The molecule has 2 N–H and O–H groups in total. The lowest BCUT2D eigenvalue weighted by atomic mass is 9.65. The zero-order valence-corrected chi connectivity index (χ0v) is 16.0. The fourth-order valence-corrected chi connectivity index (χ4v) is 5.70. The molecule has 3 fully saturated rings. The predicted molar refractivity (Wildman–Crippen MR) is 96.4 cm³/mol. The van der Waals surface area contributed by atoms with Crippen LogP contribution in [0.4, 0.5) is 0 Å². The Hall–Kier alpha value is -0.370. The summed E-state index contributed by atoms with van der Waals surface area (Å²) in [4.78, 5) is 14.7. The zero-order valence-electron chi connectivity index (χ0n) is 14.4.